The van der Waals surface area contributed by atoms with E-state index < -0.39 is 0 Å². The van der Waals surface area contributed by atoms with E-state index in [4.69, 9.17) is 11.6 Å². The summed E-state index contributed by atoms with van der Waals surface area (Å²) in [6.07, 6.45) is 0. The minimum Gasteiger partial charge on any atom is -0.289 e. The molecular weight excluding hydrogens is 344 g/mol. The lowest BCUT2D eigenvalue weighted by Crippen LogP contribution is -2.01. The molecule has 1 heterocycles. The Bertz CT molecular complexity index is 779. The van der Waals surface area contributed by atoms with E-state index in [1.54, 1.807) is 29.5 Å². The lowest BCUT2D eigenvalue weighted by molar-refractivity contribution is 0.104. The molecule has 94 valence electrons. The van der Waals surface area contributed by atoms with Gasteiger partial charge in [-0.15, -0.1) is 11.3 Å². The molecule has 0 atom stereocenters. The molecule has 0 bridgehead atoms. The number of halogens is 2. The van der Waals surface area contributed by atoms with Crippen LogP contribution in [0.15, 0.2) is 52.3 Å². The Balaban J connectivity index is 2.13. The molecule has 3 aromatic rings. The Morgan fingerprint density at radius 2 is 1.89 bits per heavy atom. The highest BCUT2D eigenvalue weighted by atomic mass is 79.9. The minimum atomic E-state index is 0.0148. The smallest absolute Gasteiger partial charge is 0.195 e. The predicted molar refractivity (Wildman–Crippen MR) is 84.4 cm³/mol. The normalized spacial score (nSPS) is 10.8. The monoisotopic (exact) mass is 350 g/mol. The first-order valence-electron chi connectivity index (χ1n) is 5.63. The lowest BCUT2D eigenvalue weighted by Gasteiger charge is -2.03. The predicted octanol–water partition coefficient (Wildman–Crippen LogP) is 5.55. The van der Waals surface area contributed by atoms with Crippen molar-refractivity contribution in [2.24, 2.45) is 0 Å². The largest absolute Gasteiger partial charge is 0.289 e. The quantitative estimate of drug-likeness (QED) is 0.553. The number of hydrogen-bond acceptors (Lipinski definition) is 2. The van der Waals surface area contributed by atoms with Crippen molar-refractivity contribution in [1.29, 1.82) is 0 Å². The van der Waals surface area contributed by atoms with Crippen LogP contribution >= 0.6 is 38.9 Å². The fourth-order valence-corrected chi connectivity index (χ4v) is 3.78. The highest BCUT2D eigenvalue weighted by molar-refractivity contribution is 9.10. The molecule has 0 N–H and O–H groups in total. The van der Waals surface area contributed by atoms with Gasteiger partial charge in [0.15, 0.2) is 5.78 Å². The Morgan fingerprint density at radius 3 is 2.68 bits per heavy atom. The van der Waals surface area contributed by atoms with Crippen molar-refractivity contribution in [3.05, 3.63) is 68.5 Å². The standard InChI is InChI=1S/C15H8BrClOS/c16-13-7-9(17)5-6-11(13)15(18)12-8-19-14-4-2-1-3-10(12)14/h1-8H. The average Bonchev–Trinajstić information content (AvgIpc) is 2.82. The van der Waals surface area contributed by atoms with Crippen molar-refractivity contribution in [2.45, 2.75) is 0 Å². The number of carbonyl (C=O) groups is 1. The van der Waals surface area contributed by atoms with E-state index in [0.717, 1.165) is 20.1 Å². The molecule has 0 unspecified atom stereocenters. The summed E-state index contributed by atoms with van der Waals surface area (Å²) in [6, 6.07) is 13.1. The number of carbonyl (C=O) groups excluding carboxylic acids is 1. The van der Waals surface area contributed by atoms with Gasteiger partial charge in [-0.3, -0.25) is 4.79 Å². The van der Waals surface area contributed by atoms with Crippen LogP contribution in [0.3, 0.4) is 0 Å². The highest BCUT2D eigenvalue weighted by Crippen LogP contribution is 2.30. The molecule has 0 spiro atoms. The van der Waals surface area contributed by atoms with Gasteiger partial charge in [0.1, 0.15) is 0 Å². The molecule has 2 aromatic carbocycles. The fraction of sp³-hybridized carbons (Fsp3) is 0. The zero-order chi connectivity index (χ0) is 13.4. The zero-order valence-electron chi connectivity index (χ0n) is 9.69. The van der Waals surface area contributed by atoms with E-state index in [0.29, 0.717) is 10.6 Å². The van der Waals surface area contributed by atoms with Gasteiger partial charge >= 0.3 is 0 Å². The Hall–Kier alpha value is -1.16. The van der Waals surface area contributed by atoms with E-state index in [1.807, 2.05) is 29.6 Å². The number of rotatable bonds is 2. The molecule has 4 heteroatoms. The summed E-state index contributed by atoms with van der Waals surface area (Å²) in [6.45, 7) is 0. The maximum Gasteiger partial charge on any atom is 0.195 e. The first-order valence-corrected chi connectivity index (χ1v) is 7.68. The maximum absolute atomic E-state index is 12.6. The average molecular weight is 352 g/mol. The molecule has 19 heavy (non-hydrogen) atoms. The van der Waals surface area contributed by atoms with Crippen LogP contribution in [0.4, 0.5) is 0 Å². The molecule has 1 nitrogen and oxygen atoms in total. The molecule has 0 amide bonds. The Kier molecular flexibility index (Phi) is 3.44. The van der Waals surface area contributed by atoms with E-state index in [9.17, 15) is 4.79 Å². The fourth-order valence-electron chi connectivity index (χ4n) is 1.97. The third-order valence-electron chi connectivity index (χ3n) is 2.90. The van der Waals surface area contributed by atoms with Gasteiger partial charge in [-0.1, -0.05) is 29.8 Å². The van der Waals surface area contributed by atoms with Crippen molar-refractivity contribution in [2.75, 3.05) is 0 Å². The van der Waals surface area contributed by atoms with Crippen LogP contribution in [0, 0.1) is 0 Å². The third kappa shape index (κ3) is 2.34. The van der Waals surface area contributed by atoms with Gasteiger partial charge in [0.05, 0.1) is 0 Å². The SMILES string of the molecule is O=C(c1ccc(Cl)cc1Br)c1csc2ccccc12. The number of benzene rings is 2. The third-order valence-corrected chi connectivity index (χ3v) is 4.76. The maximum atomic E-state index is 12.6. The summed E-state index contributed by atoms with van der Waals surface area (Å²) in [5, 5.41) is 3.52. The van der Waals surface area contributed by atoms with Gasteiger partial charge in [0.2, 0.25) is 0 Å². The van der Waals surface area contributed by atoms with Gasteiger partial charge in [0, 0.05) is 36.1 Å². The van der Waals surface area contributed by atoms with Crippen LogP contribution in [0.5, 0.6) is 0 Å². The highest BCUT2D eigenvalue weighted by Gasteiger charge is 2.16. The van der Waals surface area contributed by atoms with E-state index >= 15 is 0 Å². The molecule has 0 aliphatic carbocycles. The van der Waals surface area contributed by atoms with Gasteiger partial charge in [-0.2, -0.15) is 0 Å². The second-order valence-corrected chi connectivity index (χ2v) is 6.30. The number of hydrogen-bond donors (Lipinski definition) is 0. The summed E-state index contributed by atoms with van der Waals surface area (Å²) in [5.74, 6) is 0.0148. The second kappa shape index (κ2) is 5.08. The van der Waals surface area contributed by atoms with Gasteiger partial charge in [0.25, 0.3) is 0 Å². The number of fused-ring (bicyclic) bond motifs is 1. The summed E-state index contributed by atoms with van der Waals surface area (Å²) < 4.78 is 1.84. The van der Waals surface area contributed by atoms with Crippen LogP contribution in [-0.2, 0) is 0 Å². The van der Waals surface area contributed by atoms with E-state index in [1.165, 1.54) is 0 Å². The van der Waals surface area contributed by atoms with Crippen LogP contribution in [-0.4, -0.2) is 5.78 Å². The van der Waals surface area contributed by atoms with Crippen molar-refractivity contribution in [3.63, 3.8) is 0 Å². The van der Waals surface area contributed by atoms with Crippen molar-refractivity contribution >= 4 is 54.7 Å². The first kappa shape index (κ1) is 12.9. The molecule has 3 rings (SSSR count). The van der Waals surface area contributed by atoms with E-state index in [2.05, 4.69) is 15.9 Å². The van der Waals surface area contributed by atoms with Crippen LogP contribution in [0.2, 0.25) is 5.02 Å². The number of ketones is 1. The lowest BCUT2D eigenvalue weighted by atomic mass is 10.0. The topological polar surface area (TPSA) is 17.1 Å². The molecule has 1 aromatic heterocycles. The van der Waals surface area contributed by atoms with Gasteiger partial charge in [-0.05, 0) is 40.2 Å². The van der Waals surface area contributed by atoms with Crippen molar-refractivity contribution in [3.8, 4) is 0 Å². The van der Waals surface area contributed by atoms with Crippen LogP contribution in [0.1, 0.15) is 15.9 Å². The molecular formula is C15H8BrClOS. The second-order valence-electron chi connectivity index (χ2n) is 4.10. The molecule has 0 aliphatic heterocycles. The molecule has 0 saturated heterocycles. The van der Waals surface area contributed by atoms with Gasteiger partial charge < -0.3 is 0 Å². The van der Waals surface area contributed by atoms with E-state index in [-0.39, 0.29) is 5.78 Å². The van der Waals surface area contributed by atoms with Crippen LogP contribution in [0.25, 0.3) is 10.1 Å². The first-order chi connectivity index (χ1) is 9.16. The van der Waals surface area contributed by atoms with Gasteiger partial charge in [-0.25, -0.2) is 0 Å². The minimum absolute atomic E-state index is 0.0148. The van der Waals surface area contributed by atoms with Crippen molar-refractivity contribution < 1.29 is 4.79 Å². The molecule has 0 saturated carbocycles. The van der Waals surface area contributed by atoms with Crippen molar-refractivity contribution in [1.82, 2.24) is 0 Å². The molecule has 0 radical (unpaired) electrons. The zero-order valence-corrected chi connectivity index (χ0v) is 12.8. The summed E-state index contributed by atoms with van der Waals surface area (Å²) in [5.41, 5.74) is 1.37. The Labute approximate surface area is 128 Å². The Morgan fingerprint density at radius 1 is 1.11 bits per heavy atom. The summed E-state index contributed by atoms with van der Waals surface area (Å²) in [7, 11) is 0. The summed E-state index contributed by atoms with van der Waals surface area (Å²) >= 11 is 10.9. The summed E-state index contributed by atoms with van der Waals surface area (Å²) in [4.78, 5) is 12.6. The molecule has 0 fully saturated rings. The molecule has 0 aliphatic rings. The number of thiophene rings is 1. The van der Waals surface area contributed by atoms with Crippen LogP contribution < -0.4 is 0 Å².